The number of aliphatic hydroxyl groups is 1. The van der Waals surface area contributed by atoms with Crippen LogP contribution in [-0.4, -0.2) is 30.9 Å². The van der Waals surface area contributed by atoms with E-state index < -0.39 is 30.5 Å². The van der Waals surface area contributed by atoms with Gasteiger partial charge in [0.05, 0.1) is 49.3 Å². The molecule has 5 nitrogen and oxygen atoms in total. The number of nitrogens with one attached hydrogen (secondary N) is 1. The van der Waals surface area contributed by atoms with Crippen LogP contribution < -0.4 is 11.1 Å². The van der Waals surface area contributed by atoms with Crippen LogP contribution in [0.2, 0.25) is 0 Å². The van der Waals surface area contributed by atoms with E-state index in [0.717, 1.165) is 17.2 Å². The average Bonchev–Trinajstić information content (AvgIpc) is 2.91. The van der Waals surface area contributed by atoms with Gasteiger partial charge in [-0.1, -0.05) is 72.5 Å². The Morgan fingerprint density at radius 1 is 1.03 bits per heavy atom. The highest BCUT2D eigenvalue weighted by Crippen LogP contribution is 2.23. The minimum absolute atomic E-state index is 0.0401. The first-order chi connectivity index (χ1) is 18.3. The monoisotopic (exact) mass is 480 g/mol. The lowest BCUT2D eigenvalue weighted by atomic mass is 9.95. The Morgan fingerprint density at radius 2 is 1.63 bits per heavy atom. The summed E-state index contributed by atoms with van der Waals surface area (Å²) in [5.41, 5.74) is 6.28. The molecule has 0 aliphatic heterocycles. The van der Waals surface area contributed by atoms with Crippen LogP contribution in [0.4, 0.5) is 15.8 Å². The number of benzene rings is 3. The van der Waals surface area contributed by atoms with E-state index in [2.05, 4.69) is 17.2 Å². The van der Waals surface area contributed by atoms with Gasteiger partial charge in [0.15, 0.2) is 0 Å². The molecule has 3 rings (SSSR count). The highest BCUT2D eigenvalue weighted by atomic mass is 19.1. The quantitative estimate of drug-likeness (QED) is 0.266. The Hall–Kier alpha value is -3.37. The largest absolute Gasteiger partial charge is 0.396 e. The van der Waals surface area contributed by atoms with E-state index in [0.29, 0.717) is 0 Å². The second-order valence-electron chi connectivity index (χ2n) is 8.46. The fourth-order valence-corrected chi connectivity index (χ4v) is 3.01. The molecule has 35 heavy (non-hydrogen) atoms. The van der Waals surface area contributed by atoms with Crippen LogP contribution >= 0.6 is 0 Å². The lowest BCUT2D eigenvalue weighted by Gasteiger charge is -2.18. The molecule has 0 aromatic heterocycles. The first-order valence-electron chi connectivity index (χ1n) is 13.2. The van der Waals surface area contributed by atoms with E-state index >= 15 is 0 Å². The fraction of sp³-hybridized carbons (Fsp3) is 0.310. The molecule has 0 amide bonds. The number of nitrogens with two attached hydrogens (primary N) is 1. The summed E-state index contributed by atoms with van der Waals surface area (Å²) < 4.78 is 58.2. The van der Waals surface area contributed by atoms with Crippen molar-refractivity contribution < 1.29 is 24.5 Å². The van der Waals surface area contributed by atoms with Crippen molar-refractivity contribution >= 4 is 11.4 Å². The highest BCUT2D eigenvalue weighted by molar-refractivity contribution is 5.65. The normalized spacial score (nSPS) is 14.5. The Kier molecular flexibility index (Phi) is 7.73. The number of hydrogen-bond acceptors (Lipinski definition) is 5. The molecule has 0 aliphatic rings. The Bertz CT molecular complexity index is 1300. The molecular formula is C29H33FN2O3. The van der Waals surface area contributed by atoms with Gasteiger partial charge >= 0.3 is 0 Å². The van der Waals surface area contributed by atoms with Crippen LogP contribution in [0.3, 0.4) is 0 Å². The van der Waals surface area contributed by atoms with Gasteiger partial charge in [-0.15, -0.1) is 0 Å². The van der Waals surface area contributed by atoms with E-state index in [4.69, 9.17) is 20.7 Å². The van der Waals surface area contributed by atoms with Crippen LogP contribution in [-0.2, 0) is 22.7 Å². The summed E-state index contributed by atoms with van der Waals surface area (Å²) in [6.07, 6.45) is -1.60. The van der Waals surface area contributed by atoms with Crippen molar-refractivity contribution in [3.05, 3.63) is 95.3 Å². The van der Waals surface area contributed by atoms with Gasteiger partial charge in [0.2, 0.25) is 0 Å². The van der Waals surface area contributed by atoms with Crippen molar-refractivity contribution in [1.29, 1.82) is 0 Å². The van der Waals surface area contributed by atoms with Crippen LogP contribution in [0, 0.1) is 23.1 Å². The van der Waals surface area contributed by atoms with Gasteiger partial charge in [0.1, 0.15) is 5.82 Å². The molecular weight excluding hydrogens is 443 g/mol. The molecule has 3 aromatic carbocycles. The van der Waals surface area contributed by atoms with E-state index in [1.165, 1.54) is 6.07 Å². The molecule has 0 saturated heterocycles. The molecule has 1 unspecified atom stereocenters. The lowest BCUT2D eigenvalue weighted by molar-refractivity contribution is 0.0348. The second-order valence-corrected chi connectivity index (χ2v) is 8.46. The Labute approximate surface area is 212 Å². The summed E-state index contributed by atoms with van der Waals surface area (Å²) in [5.74, 6) is 4.99. The standard InChI is InChI=1S/C29H33FN2O3/c1-29(2,21-35-19-23-11-7-4-8-12-23)14-13-24-15-27(31)26(30)16-28(24)32-17-25(33)20-34-18-22-9-5-3-6-10-22/h3-12,15-16,25,32-33H,17-21,31H2,1-2H3/i20D2,21D2. The maximum atomic E-state index is 14.3. The van der Waals surface area contributed by atoms with Gasteiger partial charge in [0.25, 0.3) is 0 Å². The topological polar surface area (TPSA) is 76.7 Å². The summed E-state index contributed by atoms with van der Waals surface area (Å²) in [6, 6.07) is 20.6. The predicted octanol–water partition coefficient (Wildman–Crippen LogP) is 4.99. The fourth-order valence-electron chi connectivity index (χ4n) is 3.01. The van der Waals surface area contributed by atoms with Crippen molar-refractivity contribution in [2.75, 3.05) is 30.7 Å². The summed E-state index contributed by atoms with van der Waals surface area (Å²) in [4.78, 5) is 0. The maximum absolute atomic E-state index is 14.3. The van der Waals surface area contributed by atoms with Crippen LogP contribution in [0.5, 0.6) is 0 Å². The number of aliphatic hydroxyl groups excluding tert-OH is 1. The van der Waals surface area contributed by atoms with Crippen LogP contribution in [0.15, 0.2) is 72.8 Å². The van der Waals surface area contributed by atoms with Crippen molar-refractivity contribution in [2.45, 2.75) is 33.2 Å². The second kappa shape index (κ2) is 12.9. The first kappa shape index (κ1) is 21.0. The van der Waals surface area contributed by atoms with Crippen LogP contribution in [0.25, 0.3) is 0 Å². The highest BCUT2D eigenvalue weighted by Gasteiger charge is 2.16. The zero-order valence-electron chi connectivity index (χ0n) is 23.8. The minimum Gasteiger partial charge on any atom is -0.396 e. The molecule has 6 heteroatoms. The zero-order valence-corrected chi connectivity index (χ0v) is 19.8. The molecule has 3 aromatic rings. The lowest BCUT2D eigenvalue weighted by Crippen LogP contribution is -2.25. The molecule has 0 radical (unpaired) electrons. The van der Waals surface area contributed by atoms with Gasteiger partial charge in [0, 0.05) is 23.6 Å². The van der Waals surface area contributed by atoms with E-state index in [9.17, 15) is 9.50 Å². The van der Waals surface area contributed by atoms with Gasteiger partial charge in [-0.2, -0.15) is 0 Å². The molecule has 0 fully saturated rings. The Balaban J connectivity index is 1.72. The SMILES string of the molecule is [2H]C([2H])(OCc1ccccc1)C(O)CNc1cc(F)c(N)cc1C#CC(C)(C)C([2H])([2H])OCc1ccccc1. The third kappa shape index (κ3) is 9.06. The van der Waals surface area contributed by atoms with Crippen molar-refractivity contribution in [3.8, 4) is 11.8 Å². The van der Waals surface area contributed by atoms with Gasteiger partial charge < -0.3 is 25.6 Å². The van der Waals surface area contributed by atoms with E-state index in [-0.39, 0.29) is 36.7 Å². The summed E-state index contributed by atoms with van der Waals surface area (Å²) in [7, 11) is 0. The molecule has 1 atom stereocenters. The molecule has 0 aliphatic carbocycles. The molecule has 0 heterocycles. The number of rotatable bonds is 11. The summed E-state index contributed by atoms with van der Waals surface area (Å²) >= 11 is 0. The number of ether oxygens (including phenoxy) is 2. The Morgan fingerprint density at radius 3 is 2.26 bits per heavy atom. The summed E-state index contributed by atoms with van der Waals surface area (Å²) in [6.45, 7) is -1.64. The first-order valence-corrected chi connectivity index (χ1v) is 11.2. The van der Waals surface area contributed by atoms with Gasteiger partial charge in [-0.3, -0.25) is 0 Å². The third-order valence-electron chi connectivity index (χ3n) is 4.84. The predicted molar refractivity (Wildman–Crippen MR) is 138 cm³/mol. The smallest absolute Gasteiger partial charge is 0.148 e. The molecule has 0 saturated carbocycles. The van der Waals surface area contributed by atoms with E-state index in [1.807, 2.05) is 36.4 Å². The number of anilines is 2. The number of halogens is 1. The molecule has 0 bridgehead atoms. The van der Waals surface area contributed by atoms with Crippen molar-refractivity contribution in [1.82, 2.24) is 0 Å². The van der Waals surface area contributed by atoms with Crippen LogP contribution in [0.1, 0.15) is 36.0 Å². The zero-order chi connectivity index (χ0) is 28.7. The third-order valence-corrected chi connectivity index (χ3v) is 4.84. The van der Waals surface area contributed by atoms with Crippen molar-refractivity contribution in [2.24, 2.45) is 5.41 Å². The maximum Gasteiger partial charge on any atom is 0.148 e. The number of hydrogen-bond donors (Lipinski definition) is 3. The number of nitrogen functional groups attached to an aromatic ring is 1. The average molecular weight is 481 g/mol. The van der Waals surface area contributed by atoms with Gasteiger partial charge in [-0.25, -0.2) is 4.39 Å². The van der Waals surface area contributed by atoms with Crippen molar-refractivity contribution in [3.63, 3.8) is 0 Å². The molecule has 4 N–H and O–H groups in total. The minimum atomic E-state index is -2.39. The molecule has 184 valence electrons. The summed E-state index contributed by atoms with van der Waals surface area (Å²) in [5, 5.41) is 13.3. The molecule has 0 spiro atoms. The van der Waals surface area contributed by atoms with E-state index in [1.54, 1.807) is 38.1 Å². The van der Waals surface area contributed by atoms with Gasteiger partial charge in [-0.05, 0) is 31.0 Å².